The molecule has 6 heteroatoms. The Hall–Kier alpha value is -1.69. The van der Waals surface area contributed by atoms with Crippen molar-refractivity contribution in [3.8, 4) is 0 Å². The highest BCUT2D eigenvalue weighted by Gasteiger charge is 2.21. The number of hydrogen-bond acceptors (Lipinski definition) is 6. The van der Waals surface area contributed by atoms with Gasteiger partial charge in [-0.2, -0.15) is 0 Å². The molecule has 2 rings (SSSR count). The van der Waals surface area contributed by atoms with Gasteiger partial charge in [-0.3, -0.25) is 0 Å². The van der Waals surface area contributed by atoms with Crippen molar-refractivity contribution < 1.29 is 9.53 Å². The van der Waals surface area contributed by atoms with E-state index in [0.29, 0.717) is 4.88 Å². The Balaban J connectivity index is 2.61. The first-order chi connectivity index (χ1) is 8.83. The fraction of sp³-hybridized carbons (Fsp3) is 0.462. The number of esters is 1. The molecule has 0 aliphatic heterocycles. The number of carbonyl (C=O) groups excluding carboxylic acids is 1. The van der Waals surface area contributed by atoms with Gasteiger partial charge in [0.25, 0.3) is 0 Å². The van der Waals surface area contributed by atoms with Crippen LogP contribution in [0.25, 0.3) is 10.2 Å². The number of methoxy groups -OCH3 is 1. The molecule has 19 heavy (non-hydrogen) atoms. The number of carbonyl (C=O) groups is 1. The topological polar surface area (TPSA) is 64.1 Å². The molecule has 0 radical (unpaired) electrons. The zero-order chi connectivity index (χ0) is 14.2. The SMILES string of the molecule is COC(=O)c1sc2ncnc(NC(C)(C)C)c2c1C. The molecule has 0 saturated heterocycles. The molecule has 1 N–H and O–H groups in total. The number of hydrogen-bond donors (Lipinski definition) is 1. The summed E-state index contributed by atoms with van der Waals surface area (Å²) >= 11 is 1.33. The van der Waals surface area contributed by atoms with Gasteiger partial charge >= 0.3 is 5.97 Å². The summed E-state index contributed by atoms with van der Waals surface area (Å²) in [7, 11) is 1.38. The minimum absolute atomic E-state index is 0.110. The molecule has 0 aromatic carbocycles. The third kappa shape index (κ3) is 2.68. The van der Waals surface area contributed by atoms with E-state index >= 15 is 0 Å². The number of aromatic nitrogens is 2. The zero-order valence-corrected chi connectivity index (χ0v) is 12.5. The summed E-state index contributed by atoms with van der Waals surface area (Å²) in [5, 5.41) is 4.23. The first-order valence-electron chi connectivity index (χ1n) is 5.94. The van der Waals surface area contributed by atoms with E-state index in [4.69, 9.17) is 4.74 Å². The largest absolute Gasteiger partial charge is 0.465 e. The second-order valence-corrected chi connectivity index (χ2v) is 6.32. The van der Waals surface area contributed by atoms with Crippen LogP contribution in [0.3, 0.4) is 0 Å². The third-order valence-electron chi connectivity index (χ3n) is 2.59. The van der Waals surface area contributed by atoms with Gasteiger partial charge in [-0.25, -0.2) is 14.8 Å². The lowest BCUT2D eigenvalue weighted by Crippen LogP contribution is -2.26. The maximum Gasteiger partial charge on any atom is 0.348 e. The molecule has 0 saturated carbocycles. The lowest BCUT2D eigenvalue weighted by Gasteiger charge is -2.21. The van der Waals surface area contributed by atoms with Gasteiger partial charge in [0.05, 0.1) is 12.5 Å². The quantitative estimate of drug-likeness (QED) is 0.856. The van der Waals surface area contributed by atoms with Crippen LogP contribution in [0.5, 0.6) is 0 Å². The monoisotopic (exact) mass is 279 g/mol. The molecule has 102 valence electrons. The average Bonchev–Trinajstić information content (AvgIpc) is 2.65. The van der Waals surface area contributed by atoms with Gasteiger partial charge in [0.2, 0.25) is 0 Å². The van der Waals surface area contributed by atoms with Crippen molar-refractivity contribution in [2.75, 3.05) is 12.4 Å². The van der Waals surface area contributed by atoms with Crippen LogP contribution in [0, 0.1) is 6.92 Å². The van der Waals surface area contributed by atoms with Crippen LogP contribution < -0.4 is 5.32 Å². The number of aryl methyl sites for hydroxylation is 1. The Bertz CT molecular complexity index is 629. The maximum absolute atomic E-state index is 11.7. The normalized spacial score (nSPS) is 11.6. The smallest absolute Gasteiger partial charge is 0.348 e. The molecule has 2 aromatic heterocycles. The van der Waals surface area contributed by atoms with E-state index in [1.54, 1.807) is 0 Å². The van der Waals surface area contributed by atoms with Gasteiger partial charge in [-0.15, -0.1) is 11.3 Å². The molecule has 0 aliphatic carbocycles. The van der Waals surface area contributed by atoms with Crippen molar-refractivity contribution in [2.45, 2.75) is 33.2 Å². The third-order valence-corrected chi connectivity index (χ3v) is 3.77. The highest BCUT2D eigenvalue weighted by molar-refractivity contribution is 7.20. The van der Waals surface area contributed by atoms with Crippen LogP contribution in [0.15, 0.2) is 6.33 Å². The molecule has 0 aliphatic rings. The Morgan fingerprint density at radius 2 is 2.05 bits per heavy atom. The Morgan fingerprint density at radius 3 is 2.63 bits per heavy atom. The van der Waals surface area contributed by atoms with Gasteiger partial charge in [-0.05, 0) is 33.3 Å². The molecule has 2 heterocycles. The number of fused-ring (bicyclic) bond motifs is 1. The predicted molar refractivity (Wildman–Crippen MR) is 76.9 cm³/mol. The fourth-order valence-corrected chi connectivity index (χ4v) is 2.88. The molecule has 0 fully saturated rings. The second-order valence-electron chi connectivity index (χ2n) is 5.33. The average molecular weight is 279 g/mol. The summed E-state index contributed by atoms with van der Waals surface area (Å²) in [4.78, 5) is 21.6. The molecule has 0 amide bonds. The Kier molecular flexibility index (Phi) is 3.45. The number of ether oxygens (including phenoxy) is 1. The lowest BCUT2D eigenvalue weighted by molar-refractivity contribution is 0.0605. The van der Waals surface area contributed by atoms with E-state index in [-0.39, 0.29) is 11.5 Å². The summed E-state index contributed by atoms with van der Waals surface area (Å²) in [5.41, 5.74) is 0.750. The van der Waals surface area contributed by atoms with Crippen molar-refractivity contribution in [2.24, 2.45) is 0 Å². The highest BCUT2D eigenvalue weighted by Crippen LogP contribution is 2.34. The summed E-state index contributed by atoms with van der Waals surface area (Å²) in [6.07, 6.45) is 1.51. The van der Waals surface area contributed by atoms with E-state index in [0.717, 1.165) is 21.6 Å². The number of thiophene rings is 1. The zero-order valence-electron chi connectivity index (χ0n) is 11.7. The Labute approximate surface area is 116 Å². The van der Waals surface area contributed by atoms with Gasteiger partial charge in [0.15, 0.2) is 0 Å². The highest BCUT2D eigenvalue weighted by atomic mass is 32.1. The molecular formula is C13H17N3O2S. The molecule has 5 nitrogen and oxygen atoms in total. The van der Waals surface area contributed by atoms with Gasteiger partial charge in [0, 0.05) is 5.54 Å². The maximum atomic E-state index is 11.7. The summed E-state index contributed by atoms with van der Waals surface area (Å²) in [6, 6.07) is 0. The molecular weight excluding hydrogens is 262 g/mol. The standard InChI is InChI=1S/C13H17N3O2S/c1-7-8-10(16-13(2,3)4)14-6-15-11(8)19-9(7)12(17)18-5/h6H,1-5H3,(H,14,15,16). The van der Waals surface area contributed by atoms with Crippen LogP contribution >= 0.6 is 11.3 Å². The molecule has 2 aromatic rings. The van der Waals surface area contributed by atoms with Crippen molar-refractivity contribution in [3.05, 3.63) is 16.8 Å². The predicted octanol–water partition coefficient (Wildman–Crippen LogP) is 3.00. The van der Waals surface area contributed by atoms with Crippen LogP contribution in [0.4, 0.5) is 5.82 Å². The van der Waals surface area contributed by atoms with Crippen LogP contribution in [-0.2, 0) is 4.74 Å². The summed E-state index contributed by atoms with van der Waals surface area (Å²) in [6.45, 7) is 8.07. The Morgan fingerprint density at radius 1 is 1.37 bits per heavy atom. The van der Waals surface area contributed by atoms with Gasteiger partial charge in [-0.1, -0.05) is 0 Å². The van der Waals surface area contributed by atoms with Crippen molar-refractivity contribution >= 4 is 33.3 Å². The van der Waals surface area contributed by atoms with E-state index < -0.39 is 0 Å². The second kappa shape index (κ2) is 4.77. The van der Waals surface area contributed by atoms with Crippen molar-refractivity contribution in [1.29, 1.82) is 0 Å². The van der Waals surface area contributed by atoms with Gasteiger partial charge in [0.1, 0.15) is 21.9 Å². The first-order valence-corrected chi connectivity index (χ1v) is 6.75. The first kappa shape index (κ1) is 13.7. The van der Waals surface area contributed by atoms with E-state index in [2.05, 4.69) is 36.1 Å². The summed E-state index contributed by atoms with van der Waals surface area (Å²) in [5.74, 6) is 0.420. The molecule has 0 spiro atoms. The number of rotatable bonds is 2. The van der Waals surface area contributed by atoms with Gasteiger partial charge < -0.3 is 10.1 Å². The number of nitrogens with zero attached hydrogens (tertiary/aromatic N) is 2. The minimum atomic E-state index is -0.331. The van der Waals surface area contributed by atoms with Crippen molar-refractivity contribution in [1.82, 2.24) is 9.97 Å². The number of anilines is 1. The van der Waals surface area contributed by atoms with Crippen LogP contribution in [0.2, 0.25) is 0 Å². The van der Waals surface area contributed by atoms with E-state index in [1.165, 1.54) is 24.8 Å². The summed E-state index contributed by atoms with van der Waals surface area (Å²) < 4.78 is 4.79. The van der Waals surface area contributed by atoms with E-state index in [9.17, 15) is 4.79 Å². The lowest BCUT2D eigenvalue weighted by atomic mass is 10.1. The molecule has 0 atom stereocenters. The molecule has 0 unspecified atom stereocenters. The fourth-order valence-electron chi connectivity index (χ4n) is 1.81. The van der Waals surface area contributed by atoms with Crippen molar-refractivity contribution in [3.63, 3.8) is 0 Å². The minimum Gasteiger partial charge on any atom is -0.465 e. The molecule has 0 bridgehead atoms. The van der Waals surface area contributed by atoms with Crippen LogP contribution in [-0.4, -0.2) is 28.6 Å². The van der Waals surface area contributed by atoms with Crippen LogP contribution in [0.1, 0.15) is 36.0 Å². The van der Waals surface area contributed by atoms with E-state index in [1.807, 2.05) is 6.92 Å². The number of nitrogens with one attached hydrogen (secondary N) is 1.